The van der Waals surface area contributed by atoms with Gasteiger partial charge < -0.3 is 10.0 Å². The third-order valence-corrected chi connectivity index (χ3v) is 3.32. The molecule has 0 aromatic heterocycles. The molecule has 0 aromatic rings. The summed E-state index contributed by atoms with van der Waals surface area (Å²) in [7, 11) is 0. The highest BCUT2D eigenvalue weighted by atomic mass is 16.4. The lowest BCUT2D eigenvalue weighted by Crippen LogP contribution is -2.42. The fourth-order valence-electron chi connectivity index (χ4n) is 1.94. The van der Waals surface area contributed by atoms with Gasteiger partial charge in [0, 0.05) is 6.54 Å². The normalized spacial score (nSPS) is 23.0. The van der Waals surface area contributed by atoms with Gasteiger partial charge in [-0.3, -0.25) is 4.79 Å². The van der Waals surface area contributed by atoms with E-state index in [2.05, 4.69) is 4.90 Å². The smallest absolute Gasteiger partial charge is 0.310 e. The van der Waals surface area contributed by atoms with Crippen LogP contribution >= 0.6 is 0 Å². The van der Waals surface area contributed by atoms with E-state index in [1.54, 1.807) is 0 Å². The Bertz CT molecular complexity index is 199. The molecule has 1 aliphatic heterocycles. The molecule has 0 saturated carbocycles. The van der Waals surface area contributed by atoms with Crippen molar-refractivity contribution in [1.82, 2.24) is 4.90 Å². The quantitative estimate of drug-likeness (QED) is 0.752. The van der Waals surface area contributed by atoms with Crippen LogP contribution in [0.2, 0.25) is 0 Å². The van der Waals surface area contributed by atoms with E-state index < -0.39 is 11.4 Å². The lowest BCUT2D eigenvalue weighted by atomic mass is 9.86. The average Bonchev–Trinajstić information content (AvgIpc) is 2.19. The molecule has 0 amide bonds. The van der Waals surface area contributed by atoms with Crippen molar-refractivity contribution in [2.75, 3.05) is 19.6 Å². The zero-order chi connectivity index (χ0) is 10.6. The van der Waals surface area contributed by atoms with E-state index in [1.165, 1.54) is 19.3 Å². The summed E-state index contributed by atoms with van der Waals surface area (Å²) in [5.74, 6) is -0.662. The fraction of sp³-hybridized carbons (Fsp3) is 0.909. The molecule has 1 aliphatic rings. The second-order valence-electron chi connectivity index (χ2n) is 4.56. The van der Waals surface area contributed by atoms with Crippen molar-refractivity contribution >= 4 is 5.97 Å². The molecule has 14 heavy (non-hydrogen) atoms. The Morgan fingerprint density at radius 2 is 1.93 bits per heavy atom. The number of carbonyl (C=O) groups is 1. The highest BCUT2D eigenvalue weighted by Gasteiger charge is 2.33. The molecule has 0 spiro atoms. The molecular weight excluding hydrogens is 178 g/mol. The minimum absolute atomic E-state index is 0.558. The van der Waals surface area contributed by atoms with Crippen LogP contribution in [0.15, 0.2) is 0 Å². The van der Waals surface area contributed by atoms with E-state index in [4.69, 9.17) is 5.11 Å². The van der Waals surface area contributed by atoms with Gasteiger partial charge in [0.25, 0.3) is 0 Å². The Balaban J connectivity index is 2.50. The molecule has 82 valence electrons. The maximum atomic E-state index is 11.1. The minimum atomic E-state index is -0.662. The van der Waals surface area contributed by atoms with Gasteiger partial charge in [-0.2, -0.15) is 0 Å². The van der Waals surface area contributed by atoms with Crippen molar-refractivity contribution in [3.63, 3.8) is 0 Å². The maximum Gasteiger partial charge on any atom is 0.310 e. The SMILES string of the molecule is CCC(C)(CN1CCCCC1)C(=O)O. The number of likely N-dealkylation sites (tertiary alicyclic amines) is 1. The topological polar surface area (TPSA) is 40.5 Å². The number of aliphatic carboxylic acids is 1. The number of hydrogen-bond donors (Lipinski definition) is 1. The molecule has 0 radical (unpaired) electrons. The molecule has 1 atom stereocenters. The van der Waals surface area contributed by atoms with Gasteiger partial charge in [-0.25, -0.2) is 0 Å². The Kier molecular flexibility index (Phi) is 3.93. The molecule has 0 aliphatic carbocycles. The summed E-state index contributed by atoms with van der Waals surface area (Å²) in [5, 5.41) is 9.14. The summed E-state index contributed by atoms with van der Waals surface area (Å²) in [5.41, 5.74) is -0.558. The summed E-state index contributed by atoms with van der Waals surface area (Å²) in [4.78, 5) is 13.4. The van der Waals surface area contributed by atoms with E-state index in [0.717, 1.165) is 13.1 Å². The van der Waals surface area contributed by atoms with Crippen molar-refractivity contribution in [3.05, 3.63) is 0 Å². The summed E-state index contributed by atoms with van der Waals surface area (Å²) in [6, 6.07) is 0. The van der Waals surface area contributed by atoms with Gasteiger partial charge in [0.05, 0.1) is 5.41 Å². The summed E-state index contributed by atoms with van der Waals surface area (Å²) in [6.45, 7) is 6.66. The number of carboxylic acid groups (broad SMARTS) is 1. The number of carboxylic acids is 1. The molecule has 3 heteroatoms. The monoisotopic (exact) mass is 199 g/mol. The molecule has 1 heterocycles. The molecular formula is C11H21NO2. The average molecular weight is 199 g/mol. The lowest BCUT2D eigenvalue weighted by Gasteiger charge is -2.33. The van der Waals surface area contributed by atoms with E-state index in [1.807, 2.05) is 13.8 Å². The Labute approximate surface area is 86.1 Å². The van der Waals surface area contributed by atoms with Crippen LogP contribution in [-0.4, -0.2) is 35.6 Å². The summed E-state index contributed by atoms with van der Waals surface area (Å²) < 4.78 is 0. The second kappa shape index (κ2) is 4.78. The van der Waals surface area contributed by atoms with Gasteiger partial charge in [0.15, 0.2) is 0 Å². The van der Waals surface area contributed by atoms with E-state index in [9.17, 15) is 4.79 Å². The Hall–Kier alpha value is -0.570. The van der Waals surface area contributed by atoms with Crippen LogP contribution in [0.25, 0.3) is 0 Å². The van der Waals surface area contributed by atoms with E-state index >= 15 is 0 Å². The van der Waals surface area contributed by atoms with Gasteiger partial charge in [-0.05, 0) is 39.3 Å². The van der Waals surface area contributed by atoms with Gasteiger partial charge in [-0.1, -0.05) is 13.3 Å². The predicted octanol–water partition coefficient (Wildman–Crippen LogP) is 1.97. The van der Waals surface area contributed by atoms with Gasteiger partial charge in [0.1, 0.15) is 0 Å². The molecule has 1 N–H and O–H groups in total. The zero-order valence-corrected chi connectivity index (χ0v) is 9.25. The Morgan fingerprint density at radius 1 is 1.36 bits per heavy atom. The maximum absolute atomic E-state index is 11.1. The van der Waals surface area contributed by atoms with Gasteiger partial charge >= 0.3 is 5.97 Å². The van der Waals surface area contributed by atoms with E-state index in [-0.39, 0.29) is 0 Å². The largest absolute Gasteiger partial charge is 0.481 e. The lowest BCUT2D eigenvalue weighted by molar-refractivity contribution is -0.149. The second-order valence-corrected chi connectivity index (χ2v) is 4.56. The molecule has 0 aromatic carbocycles. The van der Waals surface area contributed by atoms with Crippen LogP contribution in [-0.2, 0) is 4.79 Å². The van der Waals surface area contributed by atoms with Crippen molar-refractivity contribution in [1.29, 1.82) is 0 Å². The third kappa shape index (κ3) is 2.71. The predicted molar refractivity (Wildman–Crippen MR) is 56.3 cm³/mol. The fourth-order valence-corrected chi connectivity index (χ4v) is 1.94. The first-order valence-corrected chi connectivity index (χ1v) is 5.54. The van der Waals surface area contributed by atoms with Crippen LogP contribution < -0.4 is 0 Å². The standard InChI is InChI=1S/C11H21NO2/c1-3-11(2,10(13)14)9-12-7-5-4-6-8-12/h3-9H2,1-2H3,(H,13,14). The van der Waals surface area contributed by atoms with Gasteiger partial charge in [0.2, 0.25) is 0 Å². The first-order valence-electron chi connectivity index (χ1n) is 5.54. The molecule has 1 fully saturated rings. The Morgan fingerprint density at radius 3 is 2.36 bits per heavy atom. The molecule has 1 saturated heterocycles. The first kappa shape index (κ1) is 11.5. The highest BCUT2D eigenvalue weighted by molar-refractivity contribution is 5.74. The molecule has 1 unspecified atom stereocenters. The van der Waals surface area contributed by atoms with Crippen LogP contribution in [0.1, 0.15) is 39.5 Å². The summed E-state index contributed by atoms with van der Waals surface area (Å²) in [6.07, 6.45) is 4.45. The van der Waals surface area contributed by atoms with E-state index in [0.29, 0.717) is 13.0 Å². The van der Waals surface area contributed by atoms with Crippen molar-refractivity contribution in [2.24, 2.45) is 5.41 Å². The van der Waals surface area contributed by atoms with Crippen LogP contribution in [0.4, 0.5) is 0 Å². The molecule has 3 nitrogen and oxygen atoms in total. The number of hydrogen-bond acceptors (Lipinski definition) is 2. The molecule has 0 bridgehead atoms. The number of piperidine rings is 1. The number of nitrogens with zero attached hydrogens (tertiary/aromatic N) is 1. The third-order valence-electron chi connectivity index (χ3n) is 3.32. The van der Waals surface area contributed by atoms with Crippen LogP contribution in [0.3, 0.4) is 0 Å². The van der Waals surface area contributed by atoms with Crippen LogP contribution in [0.5, 0.6) is 0 Å². The number of rotatable bonds is 4. The zero-order valence-electron chi connectivity index (χ0n) is 9.25. The van der Waals surface area contributed by atoms with Crippen molar-refractivity contribution < 1.29 is 9.90 Å². The molecule has 1 rings (SSSR count). The van der Waals surface area contributed by atoms with Crippen molar-refractivity contribution in [3.8, 4) is 0 Å². The first-order chi connectivity index (χ1) is 6.58. The minimum Gasteiger partial charge on any atom is -0.481 e. The van der Waals surface area contributed by atoms with Crippen LogP contribution in [0, 0.1) is 5.41 Å². The van der Waals surface area contributed by atoms with Gasteiger partial charge in [-0.15, -0.1) is 0 Å². The van der Waals surface area contributed by atoms with Crippen molar-refractivity contribution in [2.45, 2.75) is 39.5 Å². The summed E-state index contributed by atoms with van der Waals surface area (Å²) >= 11 is 0. The highest BCUT2D eigenvalue weighted by Crippen LogP contribution is 2.24.